The number of rotatable bonds is 10. The van der Waals surface area contributed by atoms with Crippen molar-refractivity contribution in [3.63, 3.8) is 0 Å². The van der Waals surface area contributed by atoms with Crippen molar-refractivity contribution >= 4 is 11.9 Å². The molecule has 2 fully saturated rings. The molecule has 2 aliphatic carbocycles. The Morgan fingerprint density at radius 1 is 0.531 bits per heavy atom. The topological polar surface area (TPSA) is 59.4 Å². The van der Waals surface area contributed by atoms with Gasteiger partial charge in [-0.2, -0.15) is 0 Å². The van der Waals surface area contributed by atoms with Crippen LogP contribution < -0.4 is 0 Å². The minimum Gasteiger partial charge on any atom is -0.421 e. The van der Waals surface area contributed by atoms with E-state index in [-0.39, 0.29) is 41.1 Å². The summed E-state index contributed by atoms with van der Waals surface area (Å²) in [5, 5.41) is 9.81. The van der Waals surface area contributed by atoms with Gasteiger partial charge in [0.05, 0.1) is 0 Å². The molecular weight excluding hydrogens is 680 g/mol. The fourth-order valence-electron chi connectivity index (χ4n) is 6.73. The van der Waals surface area contributed by atoms with E-state index in [0.717, 1.165) is 11.9 Å². The average molecular weight is 750 g/mol. The van der Waals surface area contributed by atoms with Gasteiger partial charge in [-0.15, -0.1) is 0 Å². The number of nitrogens with zero attached hydrogens (tertiary/aromatic N) is 6. The van der Waals surface area contributed by atoms with Gasteiger partial charge in [0.25, 0.3) is 0 Å². The molecule has 0 radical (unpaired) electrons. The van der Waals surface area contributed by atoms with Gasteiger partial charge in [-0.3, -0.25) is 0 Å². The third-order valence-corrected chi connectivity index (χ3v) is 8.92. The molecule has 0 aromatic heterocycles. The summed E-state index contributed by atoms with van der Waals surface area (Å²) in [5.41, 5.74) is 2.49. The molecule has 0 bridgehead atoms. The summed E-state index contributed by atoms with van der Waals surface area (Å²) in [5.74, 6) is 1.90. The second-order valence-electron chi connectivity index (χ2n) is 14.2. The molecule has 0 saturated heterocycles. The minimum atomic E-state index is 0. The van der Waals surface area contributed by atoms with Crippen LogP contribution in [-0.4, -0.2) is 58.0 Å². The molecule has 2 aromatic carbocycles. The molecule has 0 heterocycles. The third kappa shape index (κ3) is 17.1. The molecule has 2 saturated carbocycles. The van der Waals surface area contributed by atoms with Gasteiger partial charge >= 0.3 is 26.2 Å². The Labute approximate surface area is 322 Å². The van der Waals surface area contributed by atoms with Crippen LogP contribution in [0.5, 0.6) is 0 Å². The largest absolute Gasteiger partial charge is 2.00 e. The summed E-state index contributed by atoms with van der Waals surface area (Å²) < 4.78 is 0. The van der Waals surface area contributed by atoms with Crippen molar-refractivity contribution < 1.29 is 26.2 Å². The first kappa shape index (κ1) is 46.9. The van der Waals surface area contributed by atoms with Crippen LogP contribution in [-0.2, 0) is 39.3 Å². The van der Waals surface area contributed by atoms with Gasteiger partial charge in [-0.05, 0) is 73.1 Å². The predicted octanol–water partition coefficient (Wildman–Crippen LogP) is 11.6. The summed E-state index contributed by atoms with van der Waals surface area (Å²) in [6, 6.07) is 23.5. The summed E-state index contributed by atoms with van der Waals surface area (Å²) in [6.07, 6.45) is 12.8. The van der Waals surface area contributed by atoms with Crippen molar-refractivity contribution in [2.45, 2.75) is 169 Å². The first-order valence-electron chi connectivity index (χ1n) is 18.3. The fraction of sp³-hybridized carbons (Fsp3) is 0.619. The summed E-state index contributed by atoms with van der Waals surface area (Å²) in [7, 11) is 0. The second kappa shape index (κ2) is 25.8. The predicted molar refractivity (Wildman–Crippen MR) is 213 cm³/mol. The Balaban J connectivity index is 0.000000886. The molecule has 2 aromatic rings. The summed E-state index contributed by atoms with van der Waals surface area (Å²) in [4.78, 5) is 14.9. The molecule has 7 heteroatoms. The molecule has 2 aliphatic rings. The molecule has 49 heavy (non-hydrogen) atoms. The standard InChI is InChI=1S/2C20H32N3.2CH3.Zr/c2*1-16(2)23(17(3)4)20(22-19-13-9-6-10-14-19)21-15-18-11-7-5-8-12-18;;;/h2*5,7-8,11-12,16-17,19H,6,9-10,13-15H2,1-4H3;2*1H3;/q4*-1;+2. The van der Waals surface area contributed by atoms with E-state index in [1.165, 1.54) is 75.3 Å². The number of benzene rings is 2. The second-order valence-corrected chi connectivity index (χ2v) is 14.2. The molecule has 0 spiro atoms. The first-order chi connectivity index (χ1) is 22.2. The molecule has 0 unspecified atom stereocenters. The van der Waals surface area contributed by atoms with Gasteiger partial charge in [0.1, 0.15) is 0 Å². The van der Waals surface area contributed by atoms with Gasteiger partial charge in [0.2, 0.25) is 0 Å². The Hall–Kier alpha value is -2.14. The van der Waals surface area contributed by atoms with E-state index in [2.05, 4.69) is 126 Å². The van der Waals surface area contributed by atoms with Crippen LogP contribution >= 0.6 is 0 Å². The zero-order valence-corrected chi connectivity index (χ0v) is 35.4. The van der Waals surface area contributed by atoms with E-state index >= 15 is 0 Å². The van der Waals surface area contributed by atoms with Gasteiger partial charge in [-0.1, -0.05) is 155 Å². The molecular formula is C42H70N6Zr-2. The zero-order valence-electron chi connectivity index (χ0n) is 32.9. The number of guanidine groups is 2. The third-order valence-electron chi connectivity index (χ3n) is 8.92. The monoisotopic (exact) mass is 748 g/mol. The van der Waals surface area contributed by atoms with Crippen molar-refractivity contribution in [3.05, 3.63) is 97.3 Å². The average Bonchev–Trinajstić information content (AvgIpc) is 3.04. The summed E-state index contributed by atoms with van der Waals surface area (Å²) >= 11 is 0. The first-order valence-corrected chi connectivity index (χ1v) is 18.3. The molecule has 0 aliphatic heterocycles. The van der Waals surface area contributed by atoms with E-state index < -0.39 is 0 Å². The van der Waals surface area contributed by atoms with Crippen LogP contribution in [0.25, 0.3) is 10.6 Å². The maximum atomic E-state index is 5.07. The number of aliphatic imine (C=N–C) groups is 2. The van der Waals surface area contributed by atoms with Crippen LogP contribution in [0.1, 0.15) is 131 Å². The van der Waals surface area contributed by atoms with Crippen molar-refractivity contribution in [2.75, 3.05) is 0 Å². The Morgan fingerprint density at radius 2 is 0.816 bits per heavy atom. The normalized spacial score (nSPS) is 15.8. The molecule has 4 rings (SSSR count). The van der Waals surface area contributed by atoms with Crippen molar-refractivity contribution in [3.8, 4) is 0 Å². The van der Waals surface area contributed by atoms with Gasteiger partial charge in [0.15, 0.2) is 0 Å². The van der Waals surface area contributed by atoms with Crippen LogP contribution in [0.2, 0.25) is 0 Å². The van der Waals surface area contributed by atoms with Crippen molar-refractivity contribution in [2.24, 2.45) is 9.98 Å². The van der Waals surface area contributed by atoms with E-state index in [1.54, 1.807) is 0 Å². The van der Waals surface area contributed by atoms with Gasteiger partial charge < -0.3 is 45.3 Å². The van der Waals surface area contributed by atoms with Gasteiger partial charge in [-0.25, -0.2) is 0 Å². The van der Waals surface area contributed by atoms with E-state index in [9.17, 15) is 0 Å². The number of hydrogen-bond acceptors (Lipinski definition) is 2. The van der Waals surface area contributed by atoms with E-state index in [0.29, 0.717) is 49.3 Å². The van der Waals surface area contributed by atoms with Crippen LogP contribution in [0.15, 0.2) is 70.6 Å². The Morgan fingerprint density at radius 3 is 1.08 bits per heavy atom. The van der Waals surface area contributed by atoms with Crippen LogP contribution in [0.3, 0.4) is 0 Å². The van der Waals surface area contributed by atoms with Crippen LogP contribution in [0, 0.1) is 14.9 Å². The molecule has 274 valence electrons. The molecule has 0 atom stereocenters. The smallest absolute Gasteiger partial charge is 0.421 e. The van der Waals surface area contributed by atoms with Crippen molar-refractivity contribution in [1.82, 2.24) is 9.80 Å². The maximum absolute atomic E-state index is 5.07. The maximum Gasteiger partial charge on any atom is 2.00 e. The minimum absolute atomic E-state index is 0. The van der Waals surface area contributed by atoms with E-state index in [1.807, 2.05) is 0 Å². The quantitative estimate of drug-likeness (QED) is 0.138. The van der Waals surface area contributed by atoms with E-state index in [4.69, 9.17) is 20.6 Å². The number of hydrogen-bond donors (Lipinski definition) is 0. The SMILES string of the molecule is CC(C)N(C(=NC1CCCCC1)[N-]Cc1ccccc1)C(C)C.CC(C)N(C(=NC1CCCCC1)[N-]Cc1ccccc1)C(C)C.[CH3-].[CH3-].[Zr+2]. The zero-order chi connectivity index (χ0) is 33.3. The summed E-state index contributed by atoms with van der Waals surface area (Å²) in [6.45, 7) is 19.3. The van der Waals surface area contributed by atoms with Gasteiger partial charge in [0, 0.05) is 25.0 Å². The Kier molecular flexibility index (Phi) is 24.6. The van der Waals surface area contributed by atoms with Crippen molar-refractivity contribution in [1.29, 1.82) is 0 Å². The Bertz CT molecular complexity index is 1030. The molecule has 6 nitrogen and oxygen atoms in total. The molecule has 0 N–H and O–H groups in total. The van der Waals surface area contributed by atoms with Crippen LogP contribution in [0.4, 0.5) is 0 Å². The fourth-order valence-corrected chi connectivity index (χ4v) is 6.73. The molecule has 0 amide bonds.